The zero-order chi connectivity index (χ0) is 15.4. The zero-order valence-corrected chi connectivity index (χ0v) is 15.2. The highest BCUT2D eigenvalue weighted by molar-refractivity contribution is 9.10. The van der Waals surface area contributed by atoms with Gasteiger partial charge >= 0.3 is 0 Å². The summed E-state index contributed by atoms with van der Waals surface area (Å²) in [6.45, 7) is 4.37. The summed E-state index contributed by atoms with van der Waals surface area (Å²) in [5.41, 5.74) is 2.08. The number of hydrogen-bond acceptors (Lipinski definition) is 2. The third kappa shape index (κ3) is 4.56. The summed E-state index contributed by atoms with van der Waals surface area (Å²) in [7, 11) is 0. The molecule has 3 rings (SSSR count). The van der Waals surface area contributed by atoms with Crippen LogP contribution in [0.1, 0.15) is 15.9 Å². The number of carbonyl (C=O) groups excluding carboxylic acids is 1. The number of benzene rings is 2. The van der Waals surface area contributed by atoms with E-state index in [2.05, 4.69) is 45.1 Å². The van der Waals surface area contributed by atoms with Crippen molar-refractivity contribution in [1.82, 2.24) is 9.80 Å². The zero-order valence-electron chi connectivity index (χ0n) is 12.8. The van der Waals surface area contributed by atoms with E-state index in [0.29, 0.717) is 0 Å². The molecule has 0 unspecified atom stereocenters. The first-order valence-corrected chi connectivity index (χ1v) is 8.33. The molecule has 3 nitrogen and oxygen atoms in total. The van der Waals surface area contributed by atoms with Crippen molar-refractivity contribution < 1.29 is 4.79 Å². The van der Waals surface area contributed by atoms with Crippen LogP contribution >= 0.6 is 28.3 Å². The van der Waals surface area contributed by atoms with Crippen LogP contribution in [0.4, 0.5) is 0 Å². The minimum absolute atomic E-state index is 0. The Bertz CT molecular complexity index is 642. The van der Waals surface area contributed by atoms with Crippen molar-refractivity contribution in [1.29, 1.82) is 0 Å². The first kappa shape index (κ1) is 18.0. The molecule has 0 atom stereocenters. The lowest BCUT2D eigenvalue weighted by Gasteiger charge is -2.35. The highest BCUT2D eigenvalue weighted by atomic mass is 79.9. The van der Waals surface area contributed by atoms with Crippen molar-refractivity contribution in [2.45, 2.75) is 6.54 Å². The van der Waals surface area contributed by atoms with Gasteiger partial charge < -0.3 is 4.90 Å². The molecular formula is C18H20BrClN2O. The van der Waals surface area contributed by atoms with Gasteiger partial charge in [-0.05, 0) is 33.6 Å². The molecule has 1 heterocycles. The first-order chi connectivity index (χ1) is 10.7. The van der Waals surface area contributed by atoms with E-state index in [-0.39, 0.29) is 18.3 Å². The van der Waals surface area contributed by atoms with Gasteiger partial charge in [0.2, 0.25) is 0 Å². The summed E-state index contributed by atoms with van der Waals surface area (Å²) >= 11 is 3.46. The Morgan fingerprint density at radius 1 is 0.913 bits per heavy atom. The predicted molar refractivity (Wildman–Crippen MR) is 99.0 cm³/mol. The van der Waals surface area contributed by atoms with Crippen molar-refractivity contribution in [3.8, 4) is 0 Å². The van der Waals surface area contributed by atoms with Crippen LogP contribution in [0.25, 0.3) is 0 Å². The molecule has 5 heteroatoms. The van der Waals surface area contributed by atoms with Crippen molar-refractivity contribution >= 4 is 34.2 Å². The topological polar surface area (TPSA) is 23.6 Å². The average molecular weight is 396 g/mol. The Morgan fingerprint density at radius 2 is 1.52 bits per heavy atom. The second-order valence-electron chi connectivity index (χ2n) is 5.53. The molecule has 0 aromatic heterocycles. The lowest BCUT2D eigenvalue weighted by molar-refractivity contribution is 0.0627. The molecule has 0 N–H and O–H groups in total. The van der Waals surface area contributed by atoms with E-state index in [4.69, 9.17) is 0 Å². The van der Waals surface area contributed by atoms with E-state index >= 15 is 0 Å². The SMILES string of the molecule is Cl.O=C(c1ccccc1Br)N1CCN(Cc2ccccc2)CC1. The number of halogens is 2. The van der Waals surface area contributed by atoms with Gasteiger partial charge in [-0.15, -0.1) is 12.4 Å². The van der Waals surface area contributed by atoms with Crippen molar-refractivity contribution in [2.24, 2.45) is 0 Å². The van der Waals surface area contributed by atoms with Crippen LogP contribution in [0, 0.1) is 0 Å². The maximum Gasteiger partial charge on any atom is 0.255 e. The molecule has 0 radical (unpaired) electrons. The normalized spacial score (nSPS) is 15.1. The van der Waals surface area contributed by atoms with Gasteiger partial charge in [0.1, 0.15) is 0 Å². The summed E-state index contributed by atoms with van der Waals surface area (Å²) < 4.78 is 0.867. The number of hydrogen-bond donors (Lipinski definition) is 0. The largest absolute Gasteiger partial charge is 0.336 e. The third-order valence-corrected chi connectivity index (χ3v) is 4.70. The van der Waals surface area contributed by atoms with E-state index < -0.39 is 0 Å². The monoisotopic (exact) mass is 394 g/mol. The van der Waals surface area contributed by atoms with Gasteiger partial charge in [-0.2, -0.15) is 0 Å². The number of amides is 1. The Kier molecular flexibility index (Phi) is 6.63. The van der Waals surface area contributed by atoms with Crippen molar-refractivity contribution in [3.63, 3.8) is 0 Å². The first-order valence-electron chi connectivity index (χ1n) is 7.54. The minimum atomic E-state index is 0. The molecule has 2 aromatic carbocycles. The fourth-order valence-corrected chi connectivity index (χ4v) is 3.21. The van der Waals surface area contributed by atoms with Crippen LogP contribution in [-0.2, 0) is 6.54 Å². The third-order valence-electron chi connectivity index (χ3n) is 4.01. The summed E-state index contributed by atoms with van der Waals surface area (Å²) in [6, 6.07) is 18.1. The second-order valence-corrected chi connectivity index (χ2v) is 6.39. The van der Waals surface area contributed by atoms with Gasteiger partial charge in [-0.3, -0.25) is 9.69 Å². The number of rotatable bonds is 3. The standard InChI is InChI=1S/C18H19BrN2O.ClH/c19-17-9-5-4-8-16(17)18(22)21-12-10-20(11-13-21)14-15-6-2-1-3-7-15;/h1-9H,10-14H2;1H. The second kappa shape index (κ2) is 8.48. The molecular weight excluding hydrogens is 376 g/mol. The van der Waals surface area contributed by atoms with Crippen LogP contribution in [-0.4, -0.2) is 41.9 Å². The summed E-state index contributed by atoms with van der Waals surface area (Å²) in [6.07, 6.45) is 0. The summed E-state index contributed by atoms with van der Waals surface area (Å²) in [5, 5.41) is 0. The molecule has 1 saturated heterocycles. The minimum Gasteiger partial charge on any atom is -0.336 e. The molecule has 2 aromatic rings. The molecule has 0 bridgehead atoms. The highest BCUT2D eigenvalue weighted by Gasteiger charge is 2.23. The number of carbonyl (C=O) groups is 1. The summed E-state index contributed by atoms with van der Waals surface area (Å²) in [5.74, 6) is 0.117. The van der Waals surface area contributed by atoms with Gasteiger partial charge in [0.25, 0.3) is 5.91 Å². The molecule has 1 aliphatic heterocycles. The Labute approximate surface area is 151 Å². The highest BCUT2D eigenvalue weighted by Crippen LogP contribution is 2.19. The molecule has 0 saturated carbocycles. The van der Waals surface area contributed by atoms with Crippen LogP contribution in [0.15, 0.2) is 59.1 Å². The molecule has 0 spiro atoms. The van der Waals surface area contributed by atoms with Gasteiger partial charge in [0, 0.05) is 37.2 Å². The van der Waals surface area contributed by atoms with E-state index in [1.54, 1.807) is 0 Å². The van der Waals surface area contributed by atoms with E-state index in [0.717, 1.165) is 42.8 Å². The van der Waals surface area contributed by atoms with Crippen molar-refractivity contribution in [2.75, 3.05) is 26.2 Å². The van der Waals surface area contributed by atoms with Gasteiger partial charge in [0.15, 0.2) is 0 Å². The molecule has 1 aliphatic rings. The van der Waals surface area contributed by atoms with Crippen LogP contribution in [0.3, 0.4) is 0 Å². The summed E-state index contributed by atoms with van der Waals surface area (Å²) in [4.78, 5) is 16.9. The smallest absolute Gasteiger partial charge is 0.255 e. The Morgan fingerprint density at radius 3 is 2.17 bits per heavy atom. The van der Waals surface area contributed by atoms with Crippen molar-refractivity contribution in [3.05, 3.63) is 70.2 Å². The van der Waals surface area contributed by atoms with Gasteiger partial charge in [-0.1, -0.05) is 42.5 Å². The maximum atomic E-state index is 12.6. The molecule has 1 fully saturated rings. The van der Waals surface area contributed by atoms with E-state index in [1.807, 2.05) is 35.2 Å². The maximum absolute atomic E-state index is 12.6. The number of nitrogens with zero attached hydrogens (tertiary/aromatic N) is 2. The lowest BCUT2D eigenvalue weighted by atomic mass is 10.1. The number of piperazine rings is 1. The lowest BCUT2D eigenvalue weighted by Crippen LogP contribution is -2.48. The predicted octanol–water partition coefficient (Wildman–Crippen LogP) is 3.83. The quantitative estimate of drug-likeness (QED) is 0.788. The van der Waals surface area contributed by atoms with Gasteiger partial charge in [-0.25, -0.2) is 0 Å². The molecule has 23 heavy (non-hydrogen) atoms. The Hall–Kier alpha value is -1.36. The van der Waals surface area contributed by atoms with E-state index in [1.165, 1.54) is 5.56 Å². The van der Waals surface area contributed by atoms with Crippen LogP contribution < -0.4 is 0 Å². The molecule has 122 valence electrons. The average Bonchev–Trinajstić information content (AvgIpc) is 2.56. The fourth-order valence-electron chi connectivity index (χ4n) is 2.76. The van der Waals surface area contributed by atoms with Gasteiger partial charge in [0.05, 0.1) is 5.56 Å². The molecule has 0 aliphatic carbocycles. The van der Waals surface area contributed by atoms with Crippen LogP contribution in [0.5, 0.6) is 0 Å². The Balaban J connectivity index is 0.00000192. The molecule has 1 amide bonds. The van der Waals surface area contributed by atoms with Crippen LogP contribution in [0.2, 0.25) is 0 Å². The fraction of sp³-hybridized carbons (Fsp3) is 0.278. The van der Waals surface area contributed by atoms with E-state index in [9.17, 15) is 4.79 Å².